The van der Waals surface area contributed by atoms with E-state index in [9.17, 15) is 9.90 Å². The lowest BCUT2D eigenvalue weighted by Gasteiger charge is -2.15. The lowest BCUT2D eigenvalue weighted by atomic mass is 10.2. The molecule has 2 N–H and O–H groups in total. The predicted molar refractivity (Wildman–Crippen MR) is 60.4 cm³/mol. The van der Waals surface area contributed by atoms with Crippen molar-refractivity contribution >= 4 is 17.7 Å². The fraction of sp³-hybridized carbons (Fsp3) is 0.364. The summed E-state index contributed by atoms with van der Waals surface area (Å²) in [6.07, 6.45) is 0. The van der Waals surface area contributed by atoms with Crippen molar-refractivity contribution in [2.45, 2.75) is 24.3 Å². The first-order valence-corrected chi connectivity index (χ1v) is 5.55. The number of hydrogen-bond acceptors (Lipinski definition) is 3. The zero-order valence-corrected chi connectivity index (χ0v) is 9.54. The summed E-state index contributed by atoms with van der Waals surface area (Å²) in [5.41, 5.74) is -0.432. The normalized spacial score (nSPS) is 11.4. The van der Waals surface area contributed by atoms with Gasteiger partial charge in [-0.15, -0.1) is 11.8 Å². The summed E-state index contributed by atoms with van der Waals surface area (Å²) in [6, 6.07) is 6.63. The third kappa shape index (κ3) is 4.36. The third-order valence-electron chi connectivity index (χ3n) is 1.69. The lowest BCUT2D eigenvalue weighted by molar-refractivity contribution is 0.0696. The minimum atomic E-state index is -0.922. The molecule has 82 valence electrons. The molecule has 1 aromatic rings. The predicted octanol–water partition coefficient (Wildman–Crippen LogP) is 2.25. The number of carboxylic acid groups (broad SMARTS) is 1. The number of hydrogen-bond donors (Lipinski definition) is 2. The molecule has 0 aliphatic rings. The molecule has 3 nitrogen and oxygen atoms in total. The second kappa shape index (κ2) is 4.68. The molecule has 0 fully saturated rings. The Kier molecular flexibility index (Phi) is 3.77. The Hall–Kier alpha value is -1.00. The topological polar surface area (TPSA) is 57.5 Å². The van der Waals surface area contributed by atoms with E-state index < -0.39 is 11.6 Å². The van der Waals surface area contributed by atoms with Crippen LogP contribution in [0, 0.1) is 0 Å². The molecule has 0 spiro atoms. The van der Waals surface area contributed by atoms with E-state index in [1.165, 1.54) is 11.8 Å². The van der Waals surface area contributed by atoms with Crippen LogP contribution in [0.1, 0.15) is 24.2 Å². The van der Waals surface area contributed by atoms with E-state index in [1.54, 1.807) is 38.1 Å². The van der Waals surface area contributed by atoms with E-state index in [0.29, 0.717) is 5.75 Å². The smallest absolute Gasteiger partial charge is 0.335 e. The first-order chi connectivity index (χ1) is 6.88. The molecule has 0 saturated heterocycles. The maximum absolute atomic E-state index is 10.6. The molecule has 0 bridgehead atoms. The van der Waals surface area contributed by atoms with E-state index in [1.807, 2.05) is 0 Å². The number of carboxylic acids is 1. The summed E-state index contributed by atoms with van der Waals surface area (Å²) >= 11 is 1.50. The zero-order valence-electron chi connectivity index (χ0n) is 8.73. The van der Waals surface area contributed by atoms with Gasteiger partial charge in [0, 0.05) is 10.6 Å². The third-order valence-corrected chi connectivity index (χ3v) is 3.15. The molecule has 15 heavy (non-hydrogen) atoms. The summed E-state index contributed by atoms with van der Waals surface area (Å²) in [5, 5.41) is 18.2. The molecule has 1 aromatic carbocycles. The molecule has 0 radical (unpaired) electrons. The molecule has 0 heterocycles. The summed E-state index contributed by atoms with van der Waals surface area (Å²) in [4.78, 5) is 11.5. The van der Waals surface area contributed by atoms with Crippen molar-refractivity contribution in [1.29, 1.82) is 0 Å². The largest absolute Gasteiger partial charge is 0.478 e. The Bertz CT molecular complexity index is 338. The number of aliphatic hydroxyl groups is 1. The number of aromatic carboxylic acids is 1. The molecular formula is C11H14O3S. The summed E-state index contributed by atoms with van der Waals surface area (Å²) in [7, 11) is 0. The fourth-order valence-corrected chi connectivity index (χ4v) is 1.80. The second-order valence-electron chi connectivity index (χ2n) is 3.93. The van der Waals surface area contributed by atoms with Gasteiger partial charge in [-0.3, -0.25) is 0 Å². The highest BCUT2D eigenvalue weighted by Gasteiger charge is 2.12. The molecule has 1 rings (SSSR count). The average molecular weight is 226 g/mol. The number of carbonyl (C=O) groups is 1. The van der Waals surface area contributed by atoms with Gasteiger partial charge in [0.2, 0.25) is 0 Å². The van der Waals surface area contributed by atoms with Crippen LogP contribution >= 0.6 is 11.8 Å². The highest BCUT2D eigenvalue weighted by atomic mass is 32.2. The number of thioether (sulfide) groups is 1. The SMILES string of the molecule is CC(C)(O)CSc1ccc(C(=O)O)cc1. The van der Waals surface area contributed by atoms with Crippen molar-refractivity contribution in [2.75, 3.05) is 5.75 Å². The van der Waals surface area contributed by atoms with E-state index in [2.05, 4.69) is 0 Å². The molecule has 0 unspecified atom stereocenters. The van der Waals surface area contributed by atoms with Gasteiger partial charge in [-0.05, 0) is 38.1 Å². The van der Waals surface area contributed by atoms with Crippen molar-refractivity contribution in [1.82, 2.24) is 0 Å². The number of rotatable bonds is 4. The van der Waals surface area contributed by atoms with Crippen LogP contribution in [-0.2, 0) is 0 Å². The van der Waals surface area contributed by atoms with Crippen molar-refractivity contribution in [3.63, 3.8) is 0 Å². The van der Waals surface area contributed by atoms with Gasteiger partial charge in [0.1, 0.15) is 0 Å². The van der Waals surface area contributed by atoms with E-state index in [-0.39, 0.29) is 5.56 Å². The van der Waals surface area contributed by atoms with Gasteiger partial charge in [-0.25, -0.2) is 4.79 Å². The van der Waals surface area contributed by atoms with Gasteiger partial charge < -0.3 is 10.2 Å². The van der Waals surface area contributed by atoms with Crippen LogP contribution in [-0.4, -0.2) is 27.5 Å². The molecule has 0 aliphatic heterocycles. The van der Waals surface area contributed by atoms with Crippen LogP contribution in [0.25, 0.3) is 0 Å². The molecule has 0 amide bonds. The van der Waals surface area contributed by atoms with E-state index >= 15 is 0 Å². The maximum Gasteiger partial charge on any atom is 0.335 e. The Labute approximate surface area is 93.1 Å². The monoisotopic (exact) mass is 226 g/mol. The van der Waals surface area contributed by atoms with Crippen LogP contribution in [0.2, 0.25) is 0 Å². The quantitative estimate of drug-likeness (QED) is 0.773. The molecule has 4 heteroatoms. The summed E-state index contributed by atoms with van der Waals surface area (Å²) in [6.45, 7) is 3.48. The second-order valence-corrected chi connectivity index (χ2v) is 4.98. The maximum atomic E-state index is 10.6. The molecule has 0 atom stereocenters. The molecule has 0 aliphatic carbocycles. The van der Waals surface area contributed by atoms with Crippen LogP contribution in [0.4, 0.5) is 0 Å². The first kappa shape index (κ1) is 12.1. The van der Waals surface area contributed by atoms with Crippen molar-refractivity contribution in [2.24, 2.45) is 0 Å². The molecule has 0 saturated carbocycles. The van der Waals surface area contributed by atoms with Crippen molar-refractivity contribution in [3.05, 3.63) is 29.8 Å². The zero-order chi connectivity index (χ0) is 11.5. The Morgan fingerprint density at radius 1 is 1.33 bits per heavy atom. The van der Waals surface area contributed by atoms with E-state index in [0.717, 1.165) is 4.90 Å². The van der Waals surface area contributed by atoms with Gasteiger partial charge in [0.15, 0.2) is 0 Å². The highest BCUT2D eigenvalue weighted by Crippen LogP contribution is 2.22. The minimum Gasteiger partial charge on any atom is -0.478 e. The van der Waals surface area contributed by atoms with Gasteiger partial charge in [-0.2, -0.15) is 0 Å². The fourth-order valence-electron chi connectivity index (χ4n) is 0.954. The lowest BCUT2D eigenvalue weighted by Crippen LogP contribution is -2.21. The van der Waals surface area contributed by atoms with Crippen LogP contribution in [0.15, 0.2) is 29.2 Å². The van der Waals surface area contributed by atoms with Gasteiger partial charge in [-0.1, -0.05) is 0 Å². The van der Waals surface area contributed by atoms with Crippen LogP contribution in [0.3, 0.4) is 0 Å². The Morgan fingerprint density at radius 3 is 2.27 bits per heavy atom. The van der Waals surface area contributed by atoms with Crippen LogP contribution < -0.4 is 0 Å². The van der Waals surface area contributed by atoms with Gasteiger partial charge in [0.25, 0.3) is 0 Å². The Morgan fingerprint density at radius 2 is 1.87 bits per heavy atom. The average Bonchev–Trinajstić information content (AvgIpc) is 2.14. The standard InChI is InChI=1S/C11H14O3S/c1-11(2,14)7-15-9-5-3-8(4-6-9)10(12)13/h3-6,14H,7H2,1-2H3,(H,12,13). The van der Waals surface area contributed by atoms with Gasteiger partial charge in [0.05, 0.1) is 11.2 Å². The van der Waals surface area contributed by atoms with Crippen LogP contribution in [0.5, 0.6) is 0 Å². The first-order valence-electron chi connectivity index (χ1n) is 4.57. The summed E-state index contributed by atoms with van der Waals surface area (Å²) in [5.74, 6) is -0.339. The van der Waals surface area contributed by atoms with E-state index in [4.69, 9.17) is 5.11 Å². The number of benzene rings is 1. The minimum absolute atomic E-state index is 0.280. The molecule has 0 aromatic heterocycles. The molecular weight excluding hydrogens is 212 g/mol. The highest BCUT2D eigenvalue weighted by molar-refractivity contribution is 7.99. The van der Waals surface area contributed by atoms with Gasteiger partial charge >= 0.3 is 5.97 Å². The Balaban J connectivity index is 2.61. The summed E-state index contributed by atoms with van der Waals surface area (Å²) < 4.78 is 0. The van der Waals surface area contributed by atoms with Crippen molar-refractivity contribution in [3.8, 4) is 0 Å². The van der Waals surface area contributed by atoms with Crippen molar-refractivity contribution < 1.29 is 15.0 Å².